The molecule has 2 aromatic rings. The lowest BCUT2D eigenvalue weighted by atomic mass is 10.2. The van der Waals surface area contributed by atoms with E-state index in [2.05, 4.69) is 15.3 Å². The fourth-order valence-corrected chi connectivity index (χ4v) is 1.98. The summed E-state index contributed by atoms with van der Waals surface area (Å²) >= 11 is 0. The molecule has 6 heteroatoms. The van der Waals surface area contributed by atoms with Gasteiger partial charge in [-0.15, -0.1) is 0 Å². The number of likely N-dealkylation sites (N-methyl/N-ethyl adjacent to an activating group) is 1. The Labute approximate surface area is 123 Å². The van der Waals surface area contributed by atoms with E-state index < -0.39 is 0 Å². The van der Waals surface area contributed by atoms with Crippen LogP contribution in [-0.2, 0) is 11.2 Å². The molecule has 0 aliphatic carbocycles. The lowest BCUT2D eigenvalue weighted by Gasteiger charge is -2.10. The van der Waals surface area contributed by atoms with Gasteiger partial charge in [0.25, 0.3) is 5.56 Å². The predicted molar refractivity (Wildman–Crippen MR) is 82.2 cm³/mol. The van der Waals surface area contributed by atoms with Crippen molar-refractivity contribution in [2.45, 2.75) is 12.8 Å². The monoisotopic (exact) mass is 288 g/mol. The van der Waals surface area contributed by atoms with Crippen LogP contribution in [0.2, 0.25) is 0 Å². The molecule has 21 heavy (non-hydrogen) atoms. The minimum atomic E-state index is -0.227. The van der Waals surface area contributed by atoms with Crippen molar-refractivity contribution in [2.24, 2.45) is 0 Å². The van der Waals surface area contributed by atoms with Crippen LogP contribution in [0.1, 0.15) is 12.1 Å². The first-order valence-corrected chi connectivity index (χ1v) is 6.95. The van der Waals surface area contributed by atoms with Crippen molar-refractivity contribution < 1.29 is 4.79 Å². The van der Waals surface area contributed by atoms with Gasteiger partial charge in [0, 0.05) is 25.9 Å². The summed E-state index contributed by atoms with van der Waals surface area (Å²) in [7, 11) is 3.90. The van der Waals surface area contributed by atoms with E-state index in [4.69, 9.17) is 0 Å². The van der Waals surface area contributed by atoms with Crippen LogP contribution in [0.15, 0.2) is 29.1 Å². The van der Waals surface area contributed by atoms with E-state index in [-0.39, 0.29) is 17.9 Å². The van der Waals surface area contributed by atoms with Gasteiger partial charge in [0.1, 0.15) is 5.69 Å². The molecule has 2 N–H and O–H groups in total. The molecular weight excluding hydrogens is 268 g/mol. The first kappa shape index (κ1) is 15.2. The second-order valence-electron chi connectivity index (χ2n) is 5.18. The molecule has 2 rings (SSSR count). The number of nitrogens with one attached hydrogen (secondary N) is 2. The number of aromatic amines is 1. The quantitative estimate of drug-likeness (QED) is 0.813. The van der Waals surface area contributed by atoms with Crippen LogP contribution in [0.4, 0.5) is 0 Å². The Hall–Kier alpha value is -2.21. The smallest absolute Gasteiger partial charge is 0.270 e. The van der Waals surface area contributed by atoms with Crippen molar-refractivity contribution in [1.29, 1.82) is 0 Å². The van der Waals surface area contributed by atoms with E-state index in [1.807, 2.05) is 43.3 Å². The molecule has 1 amide bonds. The molecule has 0 aliphatic rings. The molecule has 0 saturated heterocycles. The van der Waals surface area contributed by atoms with Crippen LogP contribution in [0.25, 0.3) is 11.0 Å². The third kappa shape index (κ3) is 4.39. The second kappa shape index (κ2) is 6.99. The molecular formula is C15H20N4O2. The standard InChI is InChI=1S/C15H20N4O2/c1-19(2)10-9-16-14(20)8-7-13-15(21)18-12-6-4-3-5-11(12)17-13/h3-6H,7-10H2,1-2H3,(H,16,20)(H,18,21). The third-order valence-electron chi connectivity index (χ3n) is 3.14. The number of H-pyrrole nitrogens is 1. The highest BCUT2D eigenvalue weighted by molar-refractivity contribution is 5.76. The molecule has 1 aromatic heterocycles. The molecule has 0 atom stereocenters. The third-order valence-corrected chi connectivity index (χ3v) is 3.14. The first-order valence-electron chi connectivity index (χ1n) is 6.95. The summed E-state index contributed by atoms with van der Waals surface area (Å²) in [5.74, 6) is -0.0637. The van der Waals surface area contributed by atoms with Gasteiger partial charge in [-0.25, -0.2) is 4.98 Å². The Morgan fingerprint density at radius 1 is 1.33 bits per heavy atom. The van der Waals surface area contributed by atoms with Crippen LogP contribution in [0, 0.1) is 0 Å². The van der Waals surface area contributed by atoms with Gasteiger partial charge in [0.15, 0.2) is 0 Å². The Balaban J connectivity index is 1.95. The van der Waals surface area contributed by atoms with E-state index in [0.717, 1.165) is 12.1 Å². The van der Waals surface area contributed by atoms with E-state index in [0.29, 0.717) is 24.2 Å². The number of para-hydroxylation sites is 2. The Bertz CT molecular complexity index is 679. The number of carbonyl (C=O) groups is 1. The highest BCUT2D eigenvalue weighted by Crippen LogP contribution is 2.06. The van der Waals surface area contributed by atoms with Crippen molar-refractivity contribution in [1.82, 2.24) is 20.2 Å². The zero-order chi connectivity index (χ0) is 15.2. The van der Waals surface area contributed by atoms with E-state index in [1.165, 1.54) is 0 Å². The maximum Gasteiger partial charge on any atom is 0.270 e. The minimum Gasteiger partial charge on any atom is -0.355 e. The average molecular weight is 288 g/mol. The lowest BCUT2D eigenvalue weighted by Crippen LogP contribution is -2.31. The number of amides is 1. The largest absolute Gasteiger partial charge is 0.355 e. The number of hydrogen-bond acceptors (Lipinski definition) is 4. The maximum absolute atomic E-state index is 11.9. The number of benzene rings is 1. The SMILES string of the molecule is CN(C)CCNC(=O)CCc1nc2ccccc2[nH]c1=O. The summed E-state index contributed by atoms with van der Waals surface area (Å²) in [5.41, 5.74) is 1.62. The summed E-state index contributed by atoms with van der Waals surface area (Å²) in [6, 6.07) is 7.36. The van der Waals surface area contributed by atoms with Gasteiger partial charge in [-0.05, 0) is 26.2 Å². The van der Waals surface area contributed by atoms with Crippen LogP contribution in [0.3, 0.4) is 0 Å². The minimum absolute atomic E-state index is 0.0637. The molecule has 1 heterocycles. The molecule has 112 valence electrons. The first-order chi connectivity index (χ1) is 10.1. The molecule has 0 spiro atoms. The lowest BCUT2D eigenvalue weighted by molar-refractivity contribution is -0.121. The van der Waals surface area contributed by atoms with Crippen molar-refractivity contribution in [3.05, 3.63) is 40.3 Å². The summed E-state index contributed by atoms with van der Waals surface area (Å²) in [6.07, 6.45) is 0.607. The fraction of sp³-hybridized carbons (Fsp3) is 0.400. The van der Waals surface area contributed by atoms with Crippen LogP contribution < -0.4 is 10.9 Å². The highest BCUT2D eigenvalue weighted by Gasteiger charge is 2.08. The van der Waals surface area contributed by atoms with Crippen LogP contribution in [-0.4, -0.2) is 48.0 Å². The van der Waals surface area contributed by atoms with Gasteiger partial charge >= 0.3 is 0 Å². The second-order valence-corrected chi connectivity index (χ2v) is 5.18. The average Bonchev–Trinajstić information content (AvgIpc) is 2.44. The molecule has 0 aliphatic heterocycles. The fourth-order valence-electron chi connectivity index (χ4n) is 1.98. The van der Waals surface area contributed by atoms with Gasteiger partial charge < -0.3 is 15.2 Å². The van der Waals surface area contributed by atoms with Crippen molar-refractivity contribution in [3.63, 3.8) is 0 Å². The molecule has 6 nitrogen and oxygen atoms in total. The normalized spacial score (nSPS) is 11.0. The van der Waals surface area contributed by atoms with Gasteiger partial charge in [-0.3, -0.25) is 9.59 Å². The zero-order valence-corrected chi connectivity index (χ0v) is 12.3. The highest BCUT2D eigenvalue weighted by atomic mass is 16.1. The topological polar surface area (TPSA) is 78.1 Å². The molecule has 0 unspecified atom stereocenters. The van der Waals surface area contributed by atoms with Crippen molar-refractivity contribution >= 4 is 16.9 Å². The Morgan fingerprint density at radius 3 is 2.86 bits per heavy atom. The van der Waals surface area contributed by atoms with E-state index in [1.54, 1.807) is 0 Å². The number of hydrogen-bond donors (Lipinski definition) is 2. The molecule has 1 aromatic carbocycles. The van der Waals surface area contributed by atoms with Crippen molar-refractivity contribution in [2.75, 3.05) is 27.2 Å². The summed E-state index contributed by atoms with van der Waals surface area (Å²) in [4.78, 5) is 32.7. The summed E-state index contributed by atoms with van der Waals surface area (Å²) in [6.45, 7) is 1.40. The predicted octanol–water partition coefficient (Wildman–Crippen LogP) is 0.533. The molecule has 0 saturated carbocycles. The van der Waals surface area contributed by atoms with Gasteiger partial charge in [0.05, 0.1) is 11.0 Å². The summed E-state index contributed by atoms with van der Waals surface area (Å²) < 4.78 is 0. The number of aromatic nitrogens is 2. The van der Waals surface area contributed by atoms with E-state index >= 15 is 0 Å². The molecule has 0 fully saturated rings. The van der Waals surface area contributed by atoms with Gasteiger partial charge in [-0.2, -0.15) is 0 Å². The Morgan fingerprint density at radius 2 is 2.10 bits per heavy atom. The van der Waals surface area contributed by atoms with Gasteiger partial charge in [-0.1, -0.05) is 12.1 Å². The van der Waals surface area contributed by atoms with E-state index in [9.17, 15) is 9.59 Å². The Kier molecular flexibility index (Phi) is 5.05. The summed E-state index contributed by atoms with van der Waals surface area (Å²) in [5, 5.41) is 2.82. The van der Waals surface area contributed by atoms with Gasteiger partial charge in [0.2, 0.25) is 5.91 Å². The molecule has 0 radical (unpaired) electrons. The number of fused-ring (bicyclic) bond motifs is 1. The van der Waals surface area contributed by atoms with Crippen molar-refractivity contribution in [3.8, 4) is 0 Å². The molecule has 0 bridgehead atoms. The maximum atomic E-state index is 11.9. The number of aryl methyl sites for hydroxylation is 1. The number of carbonyl (C=O) groups excluding carboxylic acids is 1. The van der Waals surface area contributed by atoms with Crippen LogP contribution >= 0.6 is 0 Å². The number of rotatable bonds is 6. The van der Waals surface area contributed by atoms with Crippen LogP contribution in [0.5, 0.6) is 0 Å². The number of nitrogens with zero attached hydrogens (tertiary/aromatic N) is 2. The zero-order valence-electron chi connectivity index (χ0n) is 12.3.